The first-order chi connectivity index (χ1) is 9.75. The third-order valence-electron chi connectivity index (χ3n) is 3.98. The molecule has 0 atom stereocenters. The maximum atomic E-state index is 5.94. The second-order valence-electron chi connectivity index (χ2n) is 5.26. The van der Waals surface area contributed by atoms with Gasteiger partial charge in [0, 0.05) is 11.4 Å². The van der Waals surface area contributed by atoms with Gasteiger partial charge in [-0.2, -0.15) is 0 Å². The minimum atomic E-state index is 0.481. The summed E-state index contributed by atoms with van der Waals surface area (Å²) in [6, 6.07) is 6.53. The van der Waals surface area contributed by atoms with Gasteiger partial charge in [-0.3, -0.25) is 0 Å². The van der Waals surface area contributed by atoms with Crippen molar-refractivity contribution in [3.63, 3.8) is 0 Å². The van der Waals surface area contributed by atoms with Gasteiger partial charge < -0.3 is 5.73 Å². The van der Waals surface area contributed by atoms with Crippen LogP contribution in [0, 0.1) is 6.92 Å². The van der Waals surface area contributed by atoms with E-state index in [9.17, 15) is 0 Å². The highest BCUT2D eigenvalue weighted by Gasteiger charge is 2.21. The van der Waals surface area contributed by atoms with Gasteiger partial charge in [-0.25, -0.2) is 4.68 Å². The number of benzene rings is 1. The second-order valence-corrected chi connectivity index (χ2v) is 6.21. The zero-order valence-corrected chi connectivity index (χ0v) is 12.4. The van der Waals surface area contributed by atoms with Crippen LogP contribution in [-0.2, 0) is 5.75 Å². The Kier molecular flexibility index (Phi) is 3.91. The molecule has 0 bridgehead atoms. The van der Waals surface area contributed by atoms with Crippen LogP contribution < -0.4 is 5.73 Å². The second kappa shape index (κ2) is 5.83. The molecular formula is C14H19N5S. The molecule has 5 nitrogen and oxygen atoms in total. The minimum Gasteiger partial charge on any atom is -0.399 e. The van der Waals surface area contributed by atoms with Gasteiger partial charge in [0.05, 0.1) is 6.04 Å². The topological polar surface area (TPSA) is 69.6 Å². The maximum absolute atomic E-state index is 5.94. The maximum Gasteiger partial charge on any atom is 0.209 e. The van der Waals surface area contributed by atoms with Crippen molar-refractivity contribution >= 4 is 17.4 Å². The summed E-state index contributed by atoms with van der Waals surface area (Å²) in [5.41, 5.74) is 9.19. The molecule has 1 aliphatic rings. The Hall–Kier alpha value is -1.56. The van der Waals surface area contributed by atoms with E-state index >= 15 is 0 Å². The highest BCUT2D eigenvalue weighted by atomic mass is 32.2. The fourth-order valence-corrected chi connectivity index (χ4v) is 3.67. The minimum absolute atomic E-state index is 0.481. The first kappa shape index (κ1) is 13.4. The van der Waals surface area contributed by atoms with Crippen molar-refractivity contribution in [1.29, 1.82) is 0 Å². The normalized spacial score (nSPS) is 15.8. The molecule has 0 aliphatic heterocycles. The van der Waals surface area contributed by atoms with E-state index in [0.29, 0.717) is 6.04 Å². The van der Waals surface area contributed by atoms with Crippen LogP contribution in [0.2, 0.25) is 0 Å². The Balaban J connectivity index is 1.72. The molecule has 1 heterocycles. The third kappa shape index (κ3) is 2.65. The molecule has 0 unspecified atom stereocenters. The Morgan fingerprint density at radius 3 is 2.95 bits per heavy atom. The van der Waals surface area contributed by atoms with Crippen molar-refractivity contribution in [2.24, 2.45) is 0 Å². The number of nitrogen functional groups attached to an aromatic ring is 1. The van der Waals surface area contributed by atoms with Gasteiger partial charge in [0.2, 0.25) is 5.16 Å². The predicted octanol–water partition coefficient (Wildman–Crippen LogP) is 2.97. The van der Waals surface area contributed by atoms with Gasteiger partial charge in [0.1, 0.15) is 0 Å². The molecular weight excluding hydrogens is 270 g/mol. The molecule has 20 heavy (non-hydrogen) atoms. The average molecular weight is 289 g/mol. The monoisotopic (exact) mass is 289 g/mol. The van der Waals surface area contributed by atoms with Crippen LogP contribution in [0.3, 0.4) is 0 Å². The van der Waals surface area contributed by atoms with Crippen molar-refractivity contribution in [1.82, 2.24) is 20.2 Å². The number of anilines is 1. The lowest BCUT2D eigenvalue weighted by atomic mass is 10.1. The summed E-state index contributed by atoms with van der Waals surface area (Å²) in [6.45, 7) is 2.06. The summed E-state index contributed by atoms with van der Waals surface area (Å²) in [6.07, 6.45) is 4.94. The number of nitrogens with two attached hydrogens (primary N) is 1. The molecule has 1 aromatic heterocycles. The molecule has 2 aromatic rings. The van der Waals surface area contributed by atoms with Gasteiger partial charge in [-0.15, -0.1) is 5.10 Å². The van der Waals surface area contributed by atoms with Gasteiger partial charge >= 0.3 is 0 Å². The number of hydrogen-bond acceptors (Lipinski definition) is 5. The van der Waals surface area contributed by atoms with E-state index in [2.05, 4.69) is 28.5 Å². The van der Waals surface area contributed by atoms with Gasteiger partial charge in [0.15, 0.2) is 0 Å². The van der Waals surface area contributed by atoms with Crippen LogP contribution >= 0.6 is 11.8 Å². The van der Waals surface area contributed by atoms with Crippen molar-refractivity contribution in [3.05, 3.63) is 29.3 Å². The molecule has 0 saturated heterocycles. The van der Waals surface area contributed by atoms with Crippen LogP contribution in [0.15, 0.2) is 23.4 Å². The lowest BCUT2D eigenvalue weighted by molar-refractivity contribution is 0.423. The molecule has 2 N–H and O–H groups in total. The smallest absolute Gasteiger partial charge is 0.209 e. The standard InChI is InChI=1S/C14H19N5S/c1-10-11(5-4-8-13(10)15)9-20-14-16-17-18-19(14)12-6-2-3-7-12/h4-5,8,12H,2-3,6-7,9,15H2,1H3. The molecule has 0 radical (unpaired) electrons. The molecule has 3 rings (SSSR count). The number of nitrogens with zero attached hydrogens (tertiary/aromatic N) is 4. The van der Waals surface area contributed by atoms with E-state index in [1.54, 1.807) is 11.8 Å². The van der Waals surface area contributed by atoms with E-state index in [0.717, 1.165) is 22.2 Å². The van der Waals surface area contributed by atoms with Crippen molar-refractivity contribution < 1.29 is 0 Å². The molecule has 1 aromatic carbocycles. The first-order valence-corrected chi connectivity index (χ1v) is 7.99. The molecule has 1 aliphatic carbocycles. The Morgan fingerprint density at radius 2 is 2.15 bits per heavy atom. The molecule has 106 valence electrons. The number of thioether (sulfide) groups is 1. The van der Waals surface area contributed by atoms with E-state index in [1.165, 1.54) is 31.2 Å². The highest BCUT2D eigenvalue weighted by molar-refractivity contribution is 7.98. The molecule has 0 spiro atoms. The van der Waals surface area contributed by atoms with Crippen LogP contribution in [0.4, 0.5) is 5.69 Å². The lowest BCUT2D eigenvalue weighted by Gasteiger charge is -2.11. The Bertz CT molecular complexity index is 589. The van der Waals surface area contributed by atoms with Crippen LogP contribution in [-0.4, -0.2) is 20.2 Å². The lowest BCUT2D eigenvalue weighted by Crippen LogP contribution is -2.08. The van der Waals surface area contributed by atoms with Crippen LogP contribution in [0.25, 0.3) is 0 Å². The summed E-state index contributed by atoms with van der Waals surface area (Å²) in [5, 5.41) is 13.1. The highest BCUT2D eigenvalue weighted by Crippen LogP contribution is 2.32. The Labute approximate surface area is 122 Å². The summed E-state index contributed by atoms with van der Waals surface area (Å²) >= 11 is 1.69. The zero-order valence-electron chi connectivity index (χ0n) is 11.6. The molecule has 0 amide bonds. The zero-order chi connectivity index (χ0) is 13.9. The number of tetrazole rings is 1. The summed E-state index contributed by atoms with van der Waals surface area (Å²) in [4.78, 5) is 0. The average Bonchev–Trinajstić information content (AvgIpc) is 3.10. The molecule has 1 fully saturated rings. The third-order valence-corrected chi connectivity index (χ3v) is 4.96. The fraction of sp³-hybridized carbons (Fsp3) is 0.500. The predicted molar refractivity (Wildman–Crippen MR) is 80.5 cm³/mol. The fourth-order valence-electron chi connectivity index (χ4n) is 2.66. The summed E-state index contributed by atoms with van der Waals surface area (Å²) < 4.78 is 2.00. The number of hydrogen-bond donors (Lipinski definition) is 1. The van der Waals surface area contributed by atoms with Crippen molar-refractivity contribution in [2.75, 3.05) is 5.73 Å². The van der Waals surface area contributed by atoms with Crippen molar-refractivity contribution in [2.45, 2.75) is 49.6 Å². The molecule has 6 heteroatoms. The largest absolute Gasteiger partial charge is 0.399 e. The van der Waals surface area contributed by atoms with E-state index < -0.39 is 0 Å². The summed E-state index contributed by atoms with van der Waals surface area (Å²) in [5.74, 6) is 0.851. The Morgan fingerprint density at radius 1 is 1.35 bits per heavy atom. The number of rotatable bonds is 4. The van der Waals surface area contributed by atoms with Crippen LogP contribution in [0.5, 0.6) is 0 Å². The summed E-state index contributed by atoms with van der Waals surface area (Å²) in [7, 11) is 0. The quantitative estimate of drug-likeness (QED) is 0.692. The number of aromatic nitrogens is 4. The van der Waals surface area contributed by atoms with E-state index in [4.69, 9.17) is 5.73 Å². The van der Waals surface area contributed by atoms with Gasteiger partial charge in [-0.1, -0.05) is 36.7 Å². The van der Waals surface area contributed by atoms with Crippen molar-refractivity contribution in [3.8, 4) is 0 Å². The SMILES string of the molecule is Cc1c(N)cccc1CSc1nnnn1C1CCCC1. The first-order valence-electron chi connectivity index (χ1n) is 7.00. The molecule has 1 saturated carbocycles. The van der Waals surface area contributed by atoms with E-state index in [1.807, 2.05) is 16.8 Å². The van der Waals surface area contributed by atoms with Gasteiger partial charge in [-0.05, 0) is 47.4 Å². The van der Waals surface area contributed by atoms with Crippen LogP contribution in [0.1, 0.15) is 42.9 Å². The van der Waals surface area contributed by atoms with Gasteiger partial charge in [0.25, 0.3) is 0 Å². The van der Waals surface area contributed by atoms with E-state index in [-0.39, 0.29) is 0 Å².